The third-order valence-corrected chi connectivity index (χ3v) is 5.75. The third kappa shape index (κ3) is 4.51. The van der Waals surface area contributed by atoms with E-state index in [-0.39, 0.29) is 10.7 Å². The molecule has 0 fully saturated rings. The topological polar surface area (TPSA) is 104 Å². The molecule has 2 heterocycles. The first-order valence-electron chi connectivity index (χ1n) is 8.63. The number of hydrogen-bond donors (Lipinski definition) is 3. The number of nitrogens with zero attached hydrogens (tertiary/aromatic N) is 2. The summed E-state index contributed by atoms with van der Waals surface area (Å²) in [4.78, 5) is 11.7. The molecule has 0 spiro atoms. The quantitative estimate of drug-likeness (QED) is 0.528. The van der Waals surface area contributed by atoms with Crippen LogP contribution in [0.5, 0.6) is 5.75 Å². The van der Waals surface area contributed by atoms with E-state index in [1.165, 1.54) is 25.5 Å². The second-order valence-corrected chi connectivity index (χ2v) is 9.14. The Bertz CT molecular complexity index is 1160. The molecule has 0 radical (unpaired) electrons. The van der Waals surface area contributed by atoms with E-state index in [0.717, 1.165) is 0 Å². The standard InChI is InChI=1S/C19H21ClFN5O2S/c1-10-14(21)7-8-16(23-10)25-17(13-6-5-12(20)9-15(13)28-3)18-24-11(2)19(26-18)29(4,22)27/h5-9,17,22H,1-4H3,(H,23,25)(H,24,26). The van der Waals surface area contributed by atoms with Gasteiger partial charge in [0.25, 0.3) is 0 Å². The van der Waals surface area contributed by atoms with Crippen molar-refractivity contribution in [3.63, 3.8) is 0 Å². The van der Waals surface area contributed by atoms with Crippen molar-refractivity contribution in [1.82, 2.24) is 15.0 Å². The van der Waals surface area contributed by atoms with Crippen molar-refractivity contribution in [2.45, 2.75) is 24.9 Å². The van der Waals surface area contributed by atoms with E-state index in [1.54, 1.807) is 32.0 Å². The van der Waals surface area contributed by atoms with Crippen LogP contribution in [0, 0.1) is 24.4 Å². The summed E-state index contributed by atoms with van der Waals surface area (Å²) in [5.74, 6) is 0.938. The van der Waals surface area contributed by atoms with Gasteiger partial charge in [-0.15, -0.1) is 0 Å². The molecule has 0 saturated heterocycles. The molecule has 0 aliphatic heterocycles. The number of halogens is 2. The number of rotatable bonds is 6. The summed E-state index contributed by atoms with van der Waals surface area (Å²) < 4.78 is 39.3. The number of anilines is 1. The van der Waals surface area contributed by atoms with Crippen LogP contribution >= 0.6 is 11.6 Å². The molecule has 0 aliphatic carbocycles. The molecule has 0 bridgehead atoms. The molecule has 3 aromatic rings. The predicted octanol–water partition coefficient (Wildman–Crippen LogP) is 4.46. The number of benzene rings is 1. The molecule has 2 atom stereocenters. The van der Waals surface area contributed by atoms with Crippen molar-refractivity contribution >= 4 is 27.1 Å². The van der Waals surface area contributed by atoms with Crippen LogP contribution in [0.3, 0.4) is 0 Å². The molecule has 0 aliphatic rings. The van der Waals surface area contributed by atoms with Crippen LogP contribution in [0.1, 0.15) is 28.8 Å². The number of hydrogen-bond acceptors (Lipinski definition) is 6. The molecule has 3 N–H and O–H groups in total. The zero-order valence-corrected chi connectivity index (χ0v) is 17.9. The van der Waals surface area contributed by atoms with Crippen molar-refractivity contribution < 1.29 is 13.3 Å². The lowest BCUT2D eigenvalue weighted by atomic mass is 10.0. The van der Waals surface area contributed by atoms with Gasteiger partial charge in [0.2, 0.25) is 0 Å². The molecule has 1 aromatic carbocycles. The Morgan fingerprint density at radius 3 is 2.55 bits per heavy atom. The van der Waals surface area contributed by atoms with Crippen LogP contribution in [0.15, 0.2) is 35.4 Å². The number of aromatic amines is 1. The van der Waals surface area contributed by atoms with Crippen molar-refractivity contribution in [3.8, 4) is 5.75 Å². The normalized spacial score (nSPS) is 14.3. The average molecular weight is 438 g/mol. The minimum atomic E-state index is -3.00. The smallest absolute Gasteiger partial charge is 0.144 e. The fourth-order valence-electron chi connectivity index (χ4n) is 2.97. The van der Waals surface area contributed by atoms with Gasteiger partial charge in [-0.1, -0.05) is 17.7 Å². The number of imidazole rings is 1. The fourth-order valence-corrected chi connectivity index (χ4v) is 4.04. The maximum Gasteiger partial charge on any atom is 0.144 e. The van der Waals surface area contributed by atoms with Crippen LogP contribution in [-0.4, -0.2) is 32.5 Å². The zero-order chi connectivity index (χ0) is 21.3. The highest BCUT2D eigenvalue weighted by molar-refractivity contribution is 7.91. The largest absolute Gasteiger partial charge is 0.496 e. The first-order chi connectivity index (χ1) is 13.6. The van der Waals surface area contributed by atoms with Gasteiger partial charge in [-0.2, -0.15) is 0 Å². The lowest BCUT2D eigenvalue weighted by Gasteiger charge is -2.21. The van der Waals surface area contributed by atoms with E-state index in [2.05, 4.69) is 20.3 Å². The van der Waals surface area contributed by atoms with Gasteiger partial charge in [-0.05, 0) is 38.1 Å². The third-order valence-electron chi connectivity index (χ3n) is 4.34. The second-order valence-electron chi connectivity index (χ2n) is 6.61. The van der Waals surface area contributed by atoms with Crippen LogP contribution in [0.2, 0.25) is 5.02 Å². The number of pyridine rings is 1. The lowest BCUT2D eigenvalue weighted by molar-refractivity contribution is 0.408. The molecule has 10 heteroatoms. The summed E-state index contributed by atoms with van der Waals surface area (Å²) in [6.45, 7) is 3.25. The highest BCUT2D eigenvalue weighted by atomic mass is 35.5. The van der Waals surface area contributed by atoms with Gasteiger partial charge in [0.15, 0.2) is 0 Å². The van der Waals surface area contributed by atoms with Gasteiger partial charge in [0, 0.05) is 16.8 Å². The molecule has 154 valence electrons. The van der Waals surface area contributed by atoms with Crippen LogP contribution in [-0.2, 0) is 9.73 Å². The Balaban J connectivity index is 2.15. The Kier molecular flexibility index (Phi) is 5.81. The number of nitrogens with one attached hydrogen (secondary N) is 3. The van der Waals surface area contributed by atoms with Gasteiger partial charge in [0.1, 0.15) is 34.3 Å². The van der Waals surface area contributed by atoms with Gasteiger partial charge in [-0.25, -0.2) is 23.3 Å². The molecule has 2 aromatic heterocycles. The summed E-state index contributed by atoms with van der Waals surface area (Å²) in [5, 5.41) is 3.96. The van der Waals surface area contributed by atoms with Gasteiger partial charge >= 0.3 is 0 Å². The minimum absolute atomic E-state index is 0.246. The molecule has 0 amide bonds. The van der Waals surface area contributed by atoms with Gasteiger partial charge in [-0.3, -0.25) is 0 Å². The first kappa shape index (κ1) is 21.1. The number of aryl methyl sites for hydroxylation is 2. The summed E-state index contributed by atoms with van der Waals surface area (Å²) in [7, 11) is -1.48. The summed E-state index contributed by atoms with van der Waals surface area (Å²) >= 11 is 6.09. The Labute approximate surface area is 173 Å². The molecule has 7 nitrogen and oxygen atoms in total. The average Bonchev–Trinajstić information content (AvgIpc) is 3.04. The predicted molar refractivity (Wildman–Crippen MR) is 111 cm³/mol. The fraction of sp³-hybridized carbons (Fsp3) is 0.263. The van der Waals surface area contributed by atoms with Crippen LogP contribution < -0.4 is 10.1 Å². The van der Waals surface area contributed by atoms with Crippen molar-refractivity contribution in [2.24, 2.45) is 0 Å². The number of ether oxygens (including phenoxy) is 1. The molecular weight excluding hydrogens is 417 g/mol. The van der Waals surface area contributed by atoms with Crippen LogP contribution in [0.4, 0.5) is 10.2 Å². The second kappa shape index (κ2) is 8.00. The van der Waals surface area contributed by atoms with E-state index in [1.807, 2.05) is 0 Å². The summed E-state index contributed by atoms with van der Waals surface area (Å²) in [6, 6.07) is 7.38. The van der Waals surface area contributed by atoms with E-state index in [4.69, 9.17) is 21.1 Å². The highest BCUT2D eigenvalue weighted by Crippen LogP contribution is 2.34. The van der Waals surface area contributed by atoms with Crippen molar-refractivity contribution in [3.05, 3.63) is 63.9 Å². The molecule has 29 heavy (non-hydrogen) atoms. The van der Waals surface area contributed by atoms with E-state index >= 15 is 0 Å². The maximum absolute atomic E-state index is 13.6. The Hall–Kier alpha value is -2.65. The Morgan fingerprint density at radius 1 is 1.24 bits per heavy atom. The highest BCUT2D eigenvalue weighted by Gasteiger charge is 2.25. The van der Waals surface area contributed by atoms with Crippen LogP contribution in [0.25, 0.3) is 0 Å². The van der Waals surface area contributed by atoms with Crippen molar-refractivity contribution in [2.75, 3.05) is 18.7 Å². The number of aromatic nitrogens is 3. The van der Waals surface area contributed by atoms with Crippen molar-refractivity contribution in [1.29, 1.82) is 4.78 Å². The molecule has 0 saturated carbocycles. The zero-order valence-electron chi connectivity index (χ0n) is 16.3. The lowest BCUT2D eigenvalue weighted by Crippen LogP contribution is -2.16. The summed E-state index contributed by atoms with van der Waals surface area (Å²) in [6.07, 6.45) is 1.33. The SMILES string of the molecule is COc1cc(Cl)ccc1C(Nc1ccc(F)c(C)n1)c1nc(C)c(S(C)(=N)=O)[nH]1. The van der Waals surface area contributed by atoms with Gasteiger partial charge < -0.3 is 15.0 Å². The van der Waals surface area contributed by atoms with E-state index < -0.39 is 21.6 Å². The van der Waals surface area contributed by atoms with Gasteiger partial charge in [0.05, 0.1) is 28.2 Å². The minimum Gasteiger partial charge on any atom is -0.496 e. The molecule has 3 rings (SSSR count). The first-order valence-corrected chi connectivity index (χ1v) is 11.0. The summed E-state index contributed by atoms with van der Waals surface area (Å²) in [5.41, 5.74) is 1.40. The maximum atomic E-state index is 13.6. The number of methoxy groups -OCH3 is 1. The Morgan fingerprint density at radius 2 is 1.97 bits per heavy atom. The molecular formula is C19H21ClFN5O2S. The molecule has 2 unspecified atom stereocenters. The van der Waals surface area contributed by atoms with E-state index in [9.17, 15) is 8.60 Å². The monoisotopic (exact) mass is 437 g/mol. The van der Waals surface area contributed by atoms with E-state index in [0.29, 0.717) is 33.7 Å². The number of H-pyrrole nitrogens is 1.